The number of rotatable bonds is 9. The zero-order chi connectivity index (χ0) is 15.0. The monoisotopic (exact) mass is 297 g/mol. The lowest BCUT2D eigenvalue weighted by Gasteiger charge is -2.13. The topological polar surface area (TPSA) is 47.0 Å². The summed E-state index contributed by atoms with van der Waals surface area (Å²) < 4.78 is 5.31. The predicted octanol–water partition coefficient (Wildman–Crippen LogP) is 2.90. The summed E-state index contributed by atoms with van der Waals surface area (Å²) in [7, 11) is 0. The first-order valence-corrected chi connectivity index (χ1v) is 8.19. The molecule has 114 valence electrons. The Labute approximate surface area is 127 Å². The highest BCUT2D eigenvalue weighted by molar-refractivity contribution is 7.99. The minimum absolute atomic E-state index is 0.462. The largest absolute Gasteiger partial charge is 0.382 e. The highest BCUT2D eigenvalue weighted by Gasteiger charge is 2.09. The summed E-state index contributed by atoms with van der Waals surface area (Å²) in [5.41, 5.74) is 3.35. The van der Waals surface area contributed by atoms with Crippen LogP contribution in [0.1, 0.15) is 37.2 Å². The van der Waals surface area contributed by atoms with Gasteiger partial charge in [-0.3, -0.25) is 0 Å². The standard InChI is InChI=1S/C15H27N3OS/c1-6-19-9-7-8-16-10-11(2)20-15-17-13(4)12(3)14(5)18-15/h11,16H,6-10H2,1-5H3. The molecule has 5 heteroatoms. The first-order valence-electron chi connectivity index (χ1n) is 7.31. The van der Waals surface area contributed by atoms with Crippen molar-refractivity contribution < 1.29 is 4.74 Å². The van der Waals surface area contributed by atoms with E-state index in [1.807, 2.05) is 20.8 Å². The van der Waals surface area contributed by atoms with Gasteiger partial charge in [0.05, 0.1) is 0 Å². The maximum absolute atomic E-state index is 5.31. The molecule has 0 aliphatic heterocycles. The molecule has 0 aromatic carbocycles. The van der Waals surface area contributed by atoms with Crippen LogP contribution < -0.4 is 5.32 Å². The fourth-order valence-electron chi connectivity index (χ4n) is 1.76. The van der Waals surface area contributed by atoms with Crippen LogP contribution in [0.5, 0.6) is 0 Å². The van der Waals surface area contributed by atoms with Gasteiger partial charge in [0.15, 0.2) is 5.16 Å². The molecule has 20 heavy (non-hydrogen) atoms. The lowest BCUT2D eigenvalue weighted by molar-refractivity contribution is 0.145. The zero-order valence-corrected chi connectivity index (χ0v) is 14.1. The normalized spacial score (nSPS) is 12.7. The molecule has 1 rings (SSSR count). The van der Waals surface area contributed by atoms with Gasteiger partial charge < -0.3 is 10.1 Å². The Morgan fingerprint density at radius 1 is 1.20 bits per heavy atom. The van der Waals surface area contributed by atoms with Crippen molar-refractivity contribution in [1.29, 1.82) is 0 Å². The number of nitrogens with one attached hydrogen (secondary N) is 1. The molecule has 0 spiro atoms. The van der Waals surface area contributed by atoms with Crippen molar-refractivity contribution in [3.8, 4) is 0 Å². The second-order valence-electron chi connectivity index (χ2n) is 4.99. The van der Waals surface area contributed by atoms with Crippen LogP contribution in [-0.4, -0.2) is 41.5 Å². The molecule has 1 aromatic heterocycles. The third kappa shape index (κ3) is 6.20. The molecule has 4 nitrogen and oxygen atoms in total. The lowest BCUT2D eigenvalue weighted by Crippen LogP contribution is -2.24. The smallest absolute Gasteiger partial charge is 0.188 e. The van der Waals surface area contributed by atoms with Crippen LogP contribution in [0, 0.1) is 20.8 Å². The Morgan fingerprint density at radius 2 is 1.85 bits per heavy atom. The van der Waals surface area contributed by atoms with Crippen molar-refractivity contribution in [3.63, 3.8) is 0 Å². The van der Waals surface area contributed by atoms with Gasteiger partial charge in [0.2, 0.25) is 0 Å². The molecule has 0 aliphatic rings. The summed E-state index contributed by atoms with van der Waals surface area (Å²) in [5, 5.41) is 4.79. The number of aryl methyl sites for hydroxylation is 2. The van der Waals surface area contributed by atoms with Crippen LogP contribution in [0.15, 0.2) is 5.16 Å². The predicted molar refractivity (Wildman–Crippen MR) is 85.5 cm³/mol. The van der Waals surface area contributed by atoms with E-state index in [9.17, 15) is 0 Å². The summed E-state index contributed by atoms with van der Waals surface area (Å²) in [6.45, 7) is 14.0. The molecule has 0 saturated heterocycles. The number of hydrogen-bond donors (Lipinski definition) is 1. The van der Waals surface area contributed by atoms with Gasteiger partial charge in [0.1, 0.15) is 0 Å². The van der Waals surface area contributed by atoms with E-state index in [1.165, 1.54) is 5.56 Å². The quantitative estimate of drug-likeness (QED) is 0.431. The molecule has 1 aromatic rings. The van der Waals surface area contributed by atoms with E-state index in [0.717, 1.165) is 49.3 Å². The molecule has 1 unspecified atom stereocenters. The molecule has 1 heterocycles. The molecule has 0 fully saturated rings. The fraction of sp³-hybridized carbons (Fsp3) is 0.733. The van der Waals surface area contributed by atoms with E-state index >= 15 is 0 Å². The third-order valence-electron chi connectivity index (χ3n) is 3.20. The maximum atomic E-state index is 5.31. The Kier molecular flexibility index (Phi) is 8.11. The van der Waals surface area contributed by atoms with Crippen molar-refractivity contribution in [1.82, 2.24) is 15.3 Å². The van der Waals surface area contributed by atoms with Crippen LogP contribution >= 0.6 is 11.8 Å². The number of hydrogen-bond acceptors (Lipinski definition) is 5. The first kappa shape index (κ1) is 17.4. The second kappa shape index (κ2) is 9.32. The number of thioether (sulfide) groups is 1. The third-order valence-corrected chi connectivity index (χ3v) is 4.16. The van der Waals surface area contributed by atoms with Gasteiger partial charge >= 0.3 is 0 Å². The lowest BCUT2D eigenvalue weighted by atomic mass is 10.2. The Morgan fingerprint density at radius 3 is 2.45 bits per heavy atom. The highest BCUT2D eigenvalue weighted by atomic mass is 32.2. The van der Waals surface area contributed by atoms with Gasteiger partial charge in [-0.25, -0.2) is 9.97 Å². The number of nitrogens with zero attached hydrogens (tertiary/aromatic N) is 2. The fourth-order valence-corrected chi connectivity index (χ4v) is 2.70. The number of aromatic nitrogens is 2. The summed E-state index contributed by atoms with van der Waals surface area (Å²) in [4.78, 5) is 9.09. The van der Waals surface area contributed by atoms with E-state index < -0.39 is 0 Å². The van der Waals surface area contributed by atoms with E-state index in [4.69, 9.17) is 4.74 Å². The van der Waals surface area contributed by atoms with Crippen LogP contribution in [0.2, 0.25) is 0 Å². The summed E-state index contributed by atoms with van der Waals surface area (Å²) >= 11 is 1.73. The van der Waals surface area contributed by atoms with Crippen molar-refractivity contribution in [2.45, 2.75) is 51.4 Å². The molecule has 0 radical (unpaired) electrons. The van der Waals surface area contributed by atoms with Crippen molar-refractivity contribution in [2.75, 3.05) is 26.3 Å². The average Bonchev–Trinajstić information content (AvgIpc) is 2.40. The minimum atomic E-state index is 0.462. The van der Waals surface area contributed by atoms with E-state index in [0.29, 0.717) is 5.25 Å². The van der Waals surface area contributed by atoms with Crippen molar-refractivity contribution >= 4 is 11.8 Å². The Bertz CT molecular complexity index is 389. The molecule has 0 bridgehead atoms. The van der Waals surface area contributed by atoms with Crippen LogP contribution in [0.4, 0.5) is 0 Å². The van der Waals surface area contributed by atoms with Gasteiger partial charge in [-0.1, -0.05) is 18.7 Å². The van der Waals surface area contributed by atoms with E-state index in [2.05, 4.69) is 29.1 Å². The molecule has 0 amide bonds. The second-order valence-corrected chi connectivity index (χ2v) is 6.39. The van der Waals surface area contributed by atoms with Gasteiger partial charge in [-0.2, -0.15) is 0 Å². The summed E-state index contributed by atoms with van der Waals surface area (Å²) in [5.74, 6) is 0. The molecule has 1 atom stereocenters. The molecule has 0 aliphatic carbocycles. The van der Waals surface area contributed by atoms with Gasteiger partial charge in [0.25, 0.3) is 0 Å². The van der Waals surface area contributed by atoms with Gasteiger partial charge in [0, 0.05) is 36.4 Å². The zero-order valence-electron chi connectivity index (χ0n) is 13.3. The minimum Gasteiger partial charge on any atom is -0.382 e. The summed E-state index contributed by atoms with van der Waals surface area (Å²) in [6, 6.07) is 0. The Balaban J connectivity index is 2.30. The molecule has 0 saturated carbocycles. The van der Waals surface area contributed by atoms with Gasteiger partial charge in [-0.15, -0.1) is 0 Å². The SMILES string of the molecule is CCOCCCNCC(C)Sc1nc(C)c(C)c(C)n1. The highest BCUT2D eigenvalue weighted by Crippen LogP contribution is 2.21. The van der Waals surface area contributed by atoms with Crippen molar-refractivity contribution in [3.05, 3.63) is 17.0 Å². The van der Waals surface area contributed by atoms with Crippen molar-refractivity contribution in [2.24, 2.45) is 0 Å². The van der Waals surface area contributed by atoms with Crippen LogP contribution in [0.25, 0.3) is 0 Å². The van der Waals surface area contributed by atoms with Gasteiger partial charge in [-0.05, 0) is 46.2 Å². The van der Waals surface area contributed by atoms with Crippen LogP contribution in [0.3, 0.4) is 0 Å². The number of ether oxygens (including phenoxy) is 1. The first-order chi connectivity index (χ1) is 9.54. The summed E-state index contributed by atoms with van der Waals surface area (Å²) in [6.07, 6.45) is 1.06. The molecule has 1 N–H and O–H groups in total. The van der Waals surface area contributed by atoms with Crippen LogP contribution in [-0.2, 0) is 4.74 Å². The molecular weight excluding hydrogens is 270 g/mol. The van der Waals surface area contributed by atoms with E-state index in [-0.39, 0.29) is 0 Å². The average molecular weight is 297 g/mol. The maximum Gasteiger partial charge on any atom is 0.188 e. The Hall–Kier alpha value is -0.650. The van der Waals surface area contributed by atoms with E-state index in [1.54, 1.807) is 11.8 Å². The molecular formula is C15H27N3OS.